The molecule has 0 saturated carbocycles. The summed E-state index contributed by atoms with van der Waals surface area (Å²) in [7, 11) is 2.53. The second kappa shape index (κ2) is 10.1. The maximum atomic E-state index is 12.7. The Kier molecular flexibility index (Phi) is 7.74. The molecule has 1 aromatic carbocycles. The predicted octanol–water partition coefficient (Wildman–Crippen LogP) is 0.545. The van der Waals surface area contributed by atoms with Crippen LogP contribution in [0.5, 0.6) is 0 Å². The van der Waals surface area contributed by atoms with Crippen molar-refractivity contribution in [1.29, 1.82) is 0 Å². The third kappa shape index (κ3) is 5.32. The first kappa shape index (κ1) is 24.6. The van der Waals surface area contributed by atoms with Crippen LogP contribution in [0.1, 0.15) is 46.5 Å². The summed E-state index contributed by atoms with van der Waals surface area (Å²) in [6.07, 6.45) is 0.286. The van der Waals surface area contributed by atoms with E-state index >= 15 is 0 Å². The quantitative estimate of drug-likeness (QED) is 0.447. The molecule has 1 unspecified atom stereocenters. The number of aromatic nitrogens is 2. The molecule has 0 aliphatic heterocycles. The third-order valence-corrected chi connectivity index (χ3v) is 5.02. The topological polar surface area (TPSA) is 142 Å². The second-order valence-corrected chi connectivity index (χ2v) is 7.97. The van der Waals surface area contributed by atoms with Crippen LogP contribution < -0.4 is 22.3 Å². The van der Waals surface area contributed by atoms with Gasteiger partial charge in [-0.2, -0.15) is 0 Å². The van der Waals surface area contributed by atoms with Crippen LogP contribution in [0, 0.1) is 12.8 Å². The number of amides is 1. The Labute approximate surface area is 185 Å². The first-order chi connectivity index (χ1) is 15.0. The highest BCUT2D eigenvalue weighted by Crippen LogP contribution is 2.12. The van der Waals surface area contributed by atoms with Gasteiger partial charge < -0.3 is 15.8 Å². The Morgan fingerprint density at radius 3 is 2.31 bits per heavy atom. The molecule has 1 amide bonds. The average Bonchev–Trinajstić information content (AvgIpc) is 2.74. The van der Waals surface area contributed by atoms with Crippen molar-refractivity contribution in [3.63, 3.8) is 0 Å². The van der Waals surface area contributed by atoms with Gasteiger partial charge in [0.2, 0.25) is 5.78 Å². The van der Waals surface area contributed by atoms with Crippen molar-refractivity contribution in [3.05, 3.63) is 61.8 Å². The number of nitrogens with zero attached hydrogens (tertiary/aromatic N) is 2. The van der Waals surface area contributed by atoms with E-state index in [1.807, 2.05) is 13.8 Å². The molecule has 32 heavy (non-hydrogen) atoms. The highest BCUT2D eigenvalue weighted by Gasteiger charge is 2.27. The van der Waals surface area contributed by atoms with Gasteiger partial charge in [-0.15, -0.1) is 0 Å². The molecular weight excluding hydrogens is 416 g/mol. The molecule has 172 valence electrons. The number of hydrogen-bond donors (Lipinski definition) is 2. The summed E-state index contributed by atoms with van der Waals surface area (Å²) < 4.78 is 6.82. The van der Waals surface area contributed by atoms with E-state index in [9.17, 15) is 24.0 Å². The minimum Gasteiger partial charge on any atom is -0.456 e. The molecular formula is C22H28N4O6. The maximum absolute atomic E-state index is 12.7. The van der Waals surface area contributed by atoms with E-state index in [-0.39, 0.29) is 18.2 Å². The zero-order valence-corrected chi connectivity index (χ0v) is 18.8. The fraction of sp³-hybridized carbons (Fsp3) is 0.409. The fourth-order valence-electron chi connectivity index (χ4n) is 3.18. The van der Waals surface area contributed by atoms with Gasteiger partial charge in [-0.1, -0.05) is 32.0 Å². The zero-order chi connectivity index (χ0) is 24.2. The van der Waals surface area contributed by atoms with Crippen LogP contribution in [0.3, 0.4) is 0 Å². The van der Waals surface area contributed by atoms with E-state index in [1.54, 1.807) is 31.2 Å². The number of nitrogens with two attached hydrogens (primary N) is 1. The number of ether oxygens (including phenoxy) is 1. The van der Waals surface area contributed by atoms with Gasteiger partial charge in [0.05, 0.1) is 0 Å². The van der Waals surface area contributed by atoms with Gasteiger partial charge in [0, 0.05) is 19.7 Å². The summed E-state index contributed by atoms with van der Waals surface area (Å²) in [5.74, 6) is -2.36. The monoisotopic (exact) mass is 444 g/mol. The Bertz CT molecular complexity index is 1160. The number of ketones is 1. The lowest BCUT2D eigenvalue weighted by molar-refractivity contribution is -0.145. The number of esters is 1. The number of nitrogen functional groups attached to an aromatic ring is 1. The van der Waals surface area contributed by atoms with Crippen LogP contribution in [-0.2, 0) is 23.6 Å². The van der Waals surface area contributed by atoms with Crippen molar-refractivity contribution in [2.75, 3.05) is 12.3 Å². The molecule has 1 aromatic heterocycles. The van der Waals surface area contributed by atoms with Crippen LogP contribution in [-0.4, -0.2) is 39.4 Å². The summed E-state index contributed by atoms with van der Waals surface area (Å²) in [4.78, 5) is 62.1. The summed E-state index contributed by atoms with van der Waals surface area (Å²) in [6, 6.07) is 5.95. The van der Waals surface area contributed by atoms with Gasteiger partial charge in [0.1, 0.15) is 17.4 Å². The first-order valence-corrected chi connectivity index (χ1v) is 10.1. The summed E-state index contributed by atoms with van der Waals surface area (Å²) in [5.41, 5.74) is 4.93. The smallest absolute Gasteiger partial charge is 0.332 e. The Balaban J connectivity index is 2.18. The highest BCUT2D eigenvalue weighted by molar-refractivity contribution is 6.02. The van der Waals surface area contributed by atoms with E-state index < -0.39 is 47.1 Å². The number of nitrogens with one attached hydrogen (secondary N) is 1. The number of aryl methyl sites for hydroxylation is 1. The standard InChI is InChI=1S/C22H28N4O6/c1-12(2)10-15(24-19(28)14-9-7-6-8-13(14)3)21(30)32-11-16(27)17-18(23)25(4)22(31)26(5)20(17)29/h6-9,12,15H,10-11,23H2,1-5H3,(H,24,28). The molecule has 0 aliphatic rings. The van der Waals surface area contributed by atoms with Crippen molar-refractivity contribution in [2.45, 2.75) is 33.2 Å². The molecule has 10 heteroatoms. The van der Waals surface area contributed by atoms with Gasteiger partial charge in [-0.25, -0.2) is 9.59 Å². The number of anilines is 1. The molecule has 1 atom stereocenters. The van der Waals surface area contributed by atoms with Crippen LogP contribution in [0.4, 0.5) is 5.82 Å². The van der Waals surface area contributed by atoms with Crippen LogP contribution in [0.2, 0.25) is 0 Å². The molecule has 3 N–H and O–H groups in total. The van der Waals surface area contributed by atoms with Crippen LogP contribution in [0.15, 0.2) is 33.9 Å². The molecule has 0 fully saturated rings. The Morgan fingerprint density at radius 1 is 1.09 bits per heavy atom. The Morgan fingerprint density at radius 2 is 1.72 bits per heavy atom. The highest BCUT2D eigenvalue weighted by atomic mass is 16.5. The van der Waals surface area contributed by atoms with E-state index in [0.29, 0.717) is 5.56 Å². The summed E-state index contributed by atoms with van der Waals surface area (Å²) >= 11 is 0. The van der Waals surface area contributed by atoms with Crippen LogP contribution in [0.25, 0.3) is 0 Å². The zero-order valence-electron chi connectivity index (χ0n) is 18.8. The molecule has 0 radical (unpaired) electrons. The number of benzene rings is 1. The molecule has 2 rings (SSSR count). The Hall–Kier alpha value is -3.69. The van der Waals surface area contributed by atoms with Gasteiger partial charge in [-0.05, 0) is 30.9 Å². The maximum Gasteiger partial charge on any atom is 0.332 e. The van der Waals surface area contributed by atoms with Crippen molar-refractivity contribution in [3.8, 4) is 0 Å². The van der Waals surface area contributed by atoms with Crippen molar-refractivity contribution < 1.29 is 19.1 Å². The number of carbonyl (C=O) groups is 3. The van der Waals surface area contributed by atoms with E-state index in [4.69, 9.17) is 10.5 Å². The van der Waals surface area contributed by atoms with E-state index in [0.717, 1.165) is 14.7 Å². The lowest BCUT2D eigenvalue weighted by atomic mass is 10.0. The minimum absolute atomic E-state index is 0.0482. The third-order valence-electron chi connectivity index (χ3n) is 5.02. The van der Waals surface area contributed by atoms with Crippen molar-refractivity contribution in [2.24, 2.45) is 20.0 Å². The number of hydrogen-bond acceptors (Lipinski definition) is 7. The first-order valence-electron chi connectivity index (χ1n) is 10.1. The number of Topliss-reactive ketones (excluding diaryl/α,β-unsaturated/α-hetero) is 1. The van der Waals surface area contributed by atoms with E-state index in [2.05, 4.69) is 5.32 Å². The molecule has 0 bridgehead atoms. The van der Waals surface area contributed by atoms with Gasteiger partial charge in [0.25, 0.3) is 11.5 Å². The lowest BCUT2D eigenvalue weighted by Gasteiger charge is -2.20. The second-order valence-electron chi connectivity index (χ2n) is 7.97. The summed E-state index contributed by atoms with van der Waals surface area (Å²) in [5, 5.41) is 2.66. The normalized spacial score (nSPS) is 11.8. The summed E-state index contributed by atoms with van der Waals surface area (Å²) in [6.45, 7) is 4.77. The average molecular weight is 444 g/mol. The molecule has 10 nitrogen and oxygen atoms in total. The SMILES string of the molecule is Cc1ccccc1C(=O)NC(CC(C)C)C(=O)OCC(=O)c1c(N)n(C)c(=O)n(C)c1=O. The van der Waals surface area contributed by atoms with Gasteiger partial charge in [0.15, 0.2) is 6.61 Å². The van der Waals surface area contributed by atoms with Crippen molar-refractivity contribution >= 4 is 23.5 Å². The predicted molar refractivity (Wildman–Crippen MR) is 119 cm³/mol. The molecule has 0 saturated heterocycles. The van der Waals surface area contributed by atoms with E-state index in [1.165, 1.54) is 14.1 Å². The molecule has 0 aliphatic carbocycles. The lowest BCUT2D eigenvalue weighted by Crippen LogP contribution is -2.44. The number of carbonyl (C=O) groups excluding carboxylic acids is 3. The largest absolute Gasteiger partial charge is 0.456 e. The molecule has 0 spiro atoms. The van der Waals surface area contributed by atoms with Gasteiger partial charge in [-0.3, -0.25) is 23.5 Å². The van der Waals surface area contributed by atoms with Crippen molar-refractivity contribution in [1.82, 2.24) is 14.5 Å². The fourth-order valence-corrected chi connectivity index (χ4v) is 3.18. The number of rotatable bonds is 8. The minimum atomic E-state index is -0.991. The molecule has 2 aromatic rings. The molecule has 1 heterocycles. The van der Waals surface area contributed by atoms with Crippen LogP contribution >= 0.6 is 0 Å². The van der Waals surface area contributed by atoms with Gasteiger partial charge >= 0.3 is 11.7 Å².